The number of Topliss-reactive ketones (excluding diaryl/α,β-unsaturated/α-hetero) is 1. The second kappa shape index (κ2) is 8.76. The number of carbonyl (C=O) groups excluding carboxylic acids is 1. The first-order chi connectivity index (χ1) is 9.86. The molecule has 1 rings (SSSR count). The van der Waals surface area contributed by atoms with Gasteiger partial charge in [0.1, 0.15) is 5.82 Å². The summed E-state index contributed by atoms with van der Waals surface area (Å²) in [5.74, 6) is -5.16. The Bertz CT molecular complexity index is 445. The van der Waals surface area contributed by atoms with Gasteiger partial charge < -0.3 is 0 Å². The third kappa shape index (κ3) is 6.36. The largest absolute Gasteiger partial charge is 0.310 e. The lowest BCUT2D eigenvalue weighted by molar-refractivity contribution is 0.00513. The van der Waals surface area contributed by atoms with Crippen LogP contribution in [0.4, 0.5) is 13.2 Å². The van der Waals surface area contributed by atoms with Gasteiger partial charge in [-0.15, -0.1) is 0 Å². The molecule has 5 heteroatoms. The Morgan fingerprint density at radius 2 is 1.81 bits per heavy atom. The molecular formula is C16H20F3IO. The monoisotopic (exact) mass is 412 g/mol. The molecule has 1 aromatic rings. The van der Waals surface area contributed by atoms with Crippen LogP contribution in [0.1, 0.15) is 55.8 Å². The molecule has 0 saturated carbocycles. The van der Waals surface area contributed by atoms with Gasteiger partial charge in [0.25, 0.3) is 0 Å². The molecule has 0 saturated heterocycles. The lowest BCUT2D eigenvalue weighted by Gasteiger charge is -2.18. The van der Waals surface area contributed by atoms with Crippen LogP contribution in [0.3, 0.4) is 0 Å². The molecule has 0 fully saturated rings. The van der Waals surface area contributed by atoms with Crippen LogP contribution in [0.25, 0.3) is 0 Å². The minimum atomic E-state index is -3.39. The molecule has 0 aromatic heterocycles. The van der Waals surface area contributed by atoms with Crippen molar-refractivity contribution in [3.63, 3.8) is 0 Å². The van der Waals surface area contributed by atoms with E-state index in [1.54, 1.807) is 0 Å². The van der Waals surface area contributed by atoms with Gasteiger partial charge in [0.05, 0.1) is 0 Å². The Hall–Kier alpha value is -0.590. The number of rotatable bonds is 9. The van der Waals surface area contributed by atoms with Crippen LogP contribution in [0.15, 0.2) is 24.3 Å². The van der Waals surface area contributed by atoms with Crippen molar-refractivity contribution < 1.29 is 18.0 Å². The normalized spacial score (nSPS) is 13.2. The Morgan fingerprint density at radius 1 is 1.19 bits per heavy atom. The van der Waals surface area contributed by atoms with E-state index in [2.05, 4.69) is 6.92 Å². The topological polar surface area (TPSA) is 17.1 Å². The van der Waals surface area contributed by atoms with Gasteiger partial charge in [-0.25, -0.2) is 4.39 Å². The minimum Gasteiger partial charge on any atom is -0.287 e. The van der Waals surface area contributed by atoms with Crippen molar-refractivity contribution in [3.8, 4) is 0 Å². The van der Waals surface area contributed by atoms with E-state index in [1.807, 2.05) is 22.6 Å². The zero-order chi connectivity index (χ0) is 15.9. The number of carbonyl (C=O) groups is 1. The van der Waals surface area contributed by atoms with Crippen LogP contribution in [0.5, 0.6) is 0 Å². The van der Waals surface area contributed by atoms with Crippen LogP contribution < -0.4 is 0 Å². The van der Waals surface area contributed by atoms with Crippen LogP contribution >= 0.6 is 22.6 Å². The molecule has 0 heterocycles. The molecule has 118 valence electrons. The summed E-state index contributed by atoms with van der Waals surface area (Å²) in [6.45, 7) is 2.09. The SMILES string of the molecule is CCCCCCC(I)CC(F)(F)C(=O)c1ccc(F)cc1. The predicted octanol–water partition coefficient (Wildman–Crippen LogP) is 5.81. The third-order valence-corrected chi connectivity index (χ3v) is 4.35. The fourth-order valence-corrected chi connectivity index (χ4v) is 3.07. The van der Waals surface area contributed by atoms with E-state index in [0.29, 0.717) is 6.42 Å². The number of benzene rings is 1. The summed E-state index contributed by atoms with van der Waals surface area (Å²) in [7, 11) is 0. The molecule has 1 unspecified atom stereocenters. The molecule has 1 nitrogen and oxygen atoms in total. The van der Waals surface area contributed by atoms with Gasteiger partial charge in [-0.3, -0.25) is 4.79 Å². The van der Waals surface area contributed by atoms with Crippen molar-refractivity contribution in [2.45, 2.75) is 55.3 Å². The van der Waals surface area contributed by atoms with Crippen molar-refractivity contribution in [1.29, 1.82) is 0 Å². The number of alkyl halides is 3. The highest BCUT2D eigenvalue weighted by molar-refractivity contribution is 14.1. The highest BCUT2D eigenvalue weighted by Crippen LogP contribution is 2.30. The first-order valence-corrected chi connectivity index (χ1v) is 8.43. The van der Waals surface area contributed by atoms with Gasteiger partial charge in [0.2, 0.25) is 5.78 Å². The van der Waals surface area contributed by atoms with Crippen molar-refractivity contribution in [2.75, 3.05) is 0 Å². The van der Waals surface area contributed by atoms with Gasteiger partial charge in [-0.2, -0.15) is 8.78 Å². The zero-order valence-electron chi connectivity index (χ0n) is 12.0. The van der Waals surface area contributed by atoms with Gasteiger partial charge >= 0.3 is 5.92 Å². The van der Waals surface area contributed by atoms with Crippen molar-refractivity contribution in [1.82, 2.24) is 0 Å². The molecule has 0 aliphatic heterocycles. The van der Waals surface area contributed by atoms with E-state index in [9.17, 15) is 18.0 Å². The summed E-state index contributed by atoms with van der Waals surface area (Å²) in [5, 5.41) is 0. The van der Waals surface area contributed by atoms with Crippen molar-refractivity contribution in [2.24, 2.45) is 0 Å². The number of hydrogen-bond acceptors (Lipinski definition) is 1. The molecule has 0 N–H and O–H groups in total. The summed E-state index contributed by atoms with van der Waals surface area (Å²) in [5.41, 5.74) is -0.143. The maximum absolute atomic E-state index is 14.0. The van der Waals surface area contributed by atoms with E-state index < -0.39 is 23.9 Å². The lowest BCUT2D eigenvalue weighted by atomic mass is 9.99. The standard InChI is InChI=1S/C16H20F3IO/c1-2-3-4-5-6-14(20)11-16(18,19)15(21)12-7-9-13(17)10-8-12/h7-10,14H,2-6,11H2,1H3. The molecular weight excluding hydrogens is 392 g/mol. The third-order valence-electron chi connectivity index (χ3n) is 3.29. The predicted molar refractivity (Wildman–Crippen MR) is 86.9 cm³/mol. The fourth-order valence-electron chi connectivity index (χ4n) is 2.08. The summed E-state index contributed by atoms with van der Waals surface area (Å²) < 4.78 is 40.5. The average molecular weight is 412 g/mol. The van der Waals surface area contributed by atoms with Gasteiger partial charge in [0, 0.05) is 15.9 Å². The summed E-state index contributed by atoms with van der Waals surface area (Å²) in [6, 6.07) is 4.26. The summed E-state index contributed by atoms with van der Waals surface area (Å²) in [6.07, 6.45) is 4.37. The maximum Gasteiger partial charge on any atom is 0.310 e. The first kappa shape index (κ1) is 18.5. The van der Waals surface area contributed by atoms with Crippen LogP contribution in [-0.4, -0.2) is 15.6 Å². The molecule has 0 bridgehead atoms. The minimum absolute atomic E-state index is 0.143. The van der Waals surface area contributed by atoms with Crippen LogP contribution in [0, 0.1) is 5.82 Å². The zero-order valence-corrected chi connectivity index (χ0v) is 14.2. The second-order valence-corrected chi connectivity index (χ2v) is 6.95. The Kier molecular flexibility index (Phi) is 7.70. The highest BCUT2D eigenvalue weighted by Gasteiger charge is 2.40. The van der Waals surface area contributed by atoms with Crippen LogP contribution in [-0.2, 0) is 0 Å². The van der Waals surface area contributed by atoms with E-state index in [0.717, 1.165) is 49.9 Å². The maximum atomic E-state index is 14.0. The van der Waals surface area contributed by atoms with Gasteiger partial charge in [-0.1, -0.05) is 55.2 Å². The molecule has 1 atom stereocenters. The van der Waals surface area contributed by atoms with E-state index in [4.69, 9.17) is 0 Å². The van der Waals surface area contributed by atoms with Gasteiger partial charge in [-0.05, 0) is 30.7 Å². The Balaban J connectivity index is 2.55. The summed E-state index contributed by atoms with van der Waals surface area (Å²) >= 11 is 1.98. The number of hydrogen-bond donors (Lipinski definition) is 0. The molecule has 0 amide bonds. The Morgan fingerprint density at radius 3 is 2.38 bits per heavy atom. The molecule has 0 spiro atoms. The smallest absolute Gasteiger partial charge is 0.287 e. The average Bonchev–Trinajstić information content (AvgIpc) is 2.43. The lowest BCUT2D eigenvalue weighted by Crippen LogP contribution is -2.31. The van der Waals surface area contributed by atoms with Crippen LogP contribution in [0.2, 0.25) is 0 Å². The molecule has 21 heavy (non-hydrogen) atoms. The Labute approximate surface area is 137 Å². The van der Waals surface area contributed by atoms with Gasteiger partial charge in [0.15, 0.2) is 0 Å². The van der Waals surface area contributed by atoms with Crippen molar-refractivity contribution >= 4 is 28.4 Å². The molecule has 0 aliphatic rings. The van der Waals surface area contributed by atoms with E-state index in [-0.39, 0.29) is 9.49 Å². The summed E-state index contributed by atoms with van der Waals surface area (Å²) in [4.78, 5) is 11.8. The van der Waals surface area contributed by atoms with E-state index >= 15 is 0 Å². The molecule has 0 radical (unpaired) electrons. The second-order valence-electron chi connectivity index (χ2n) is 5.19. The number of ketones is 1. The number of unbranched alkanes of at least 4 members (excludes halogenated alkanes) is 3. The number of halogens is 4. The van der Waals surface area contributed by atoms with Crippen molar-refractivity contribution in [3.05, 3.63) is 35.6 Å². The van der Waals surface area contributed by atoms with E-state index in [1.165, 1.54) is 0 Å². The molecule has 1 aromatic carbocycles. The highest BCUT2D eigenvalue weighted by atomic mass is 127. The quantitative estimate of drug-likeness (QED) is 0.217. The fraction of sp³-hybridized carbons (Fsp3) is 0.562. The first-order valence-electron chi connectivity index (χ1n) is 7.19. The molecule has 0 aliphatic carbocycles.